The molecule has 1 N–H and O–H groups in total. The zero-order valence-electron chi connectivity index (χ0n) is 9.37. The number of halogens is 2. The van der Waals surface area contributed by atoms with Crippen LogP contribution in [0.1, 0.15) is 24.8 Å². The second kappa shape index (κ2) is 6.62. The fourth-order valence-electron chi connectivity index (χ4n) is 1.46. The molecule has 0 amide bonds. The molecule has 0 bridgehead atoms. The number of carbonyl (C=O) groups is 1. The van der Waals surface area contributed by atoms with Crippen molar-refractivity contribution in [3.63, 3.8) is 0 Å². The molecule has 1 aromatic carbocycles. The minimum absolute atomic E-state index is 0.119. The summed E-state index contributed by atoms with van der Waals surface area (Å²) >= 11 is 11.7. The zero-order chi connectivity index (χ0) is 12.8. The fourth-order valence-corrected chi connectivity index (χ4v) is 2.00. The predicted molar refractivity (Wildman–Crippen MR) is 69.2 cm³/mol. The van der Waals surface area contributed by atoms with E-state index in [2.05, 4.69) is 0 Å². The molecule has 1 unspecified atom stereocenters. The first-order chi connectivity index (χ1) is 8.06. The Morgan fingerprint density at radius 2 is 2.00 bits per heavy atom. The Kier molecular flexibility index (Phi) is 5.45. The Morgan fingerprint density at radius 3 is 2.47 bits per heavy atom. The molecule has 0 fully saturated rings. The Hall–Kier alpha value is -1.06. The highest BCUT2D eigenvalue weighted by Gasteiger charge is 2.15. The molecule has 0 aromatic heterocycles. The van der Waals surface area contributed by atoms with Gasteiger partial charge in [-0.15, -0.1) is 0 Å². The van der Waals surface area contributed by atoms with Crippen LogP contribution in [0.4, 0.5) is 0 Å². The number of benzene rings is 1. The Bertz CT molecular complexity index is 401. The SMILES string of the molecule is CCOC(=O)CC(C=N)c1cc(Cl)cc(Cl)c1. The summed E-state index contributed by atoms with van der Waals surface area (Å²) in [7, 11) is 0. The van der Waals surface area contributed by atoms with E-state index in [1.807, 2.05) is 0 Å². The number of rotatable bonds is 5. The molecular formula is C12H13Cl2NO2. The minimum Gasteiger partial charge on any atom is -0.466 e. The van der Waals surface area contributed by atoms with Crippen molar-refractivity contribution in [1.82, 2.24) is 0 Å². The van der Waals surface area contributed by atoms with E-state index < -0.39 is 0 Å². The summed E-state index contributed by atoms with van der Waals surface area (Å²) in [6.07, 6.45) is 1.31. The Morgan fingerprint density at radius 1 is 1.41 bits per heavy atom. The van der Waals surface area contributed by atoms with Gasteiger partial charge < -0.3 is 10.1 Å². The molecule has 0 aliphatic rings. The van der Waals surface area contributed by atoms with Crippen LogP contribution in [-0.4, -0.2) is 18.8 Å². The number of ether oxygens (including phenoxy) is 1. The maximum atomic E-state index is 11.4. The van der Waals surface area contributed by atoms with Gasteiger partial charge in [-0.25, -0.2) is 0 Å². The van der Waals surface area contributed by atoms with Gasteiger partial charge in [0.1, 0.15) is 0 Å². The van der Waals surface area contributed by atoms with Crippen molar-refractivity contribution in [2.45, 2.75) is 19.3 Å². The molecule has 5 heteroatoms. The van der Waals surface area contributed by atoms with E-state index in [-0.39, 0.29) is 18.3 Å². The summed E-state index contributed by atoms with van der Waals surface area (Å²) in [5.41, 5.74) is 0.741. The summed E-state index contributed by atoms with van der Waals surface area (Å²) in [6, 6.07) is 5.00. The summed E-state index contributed by atoms with van der Waals surface area (Å²) in [4.78, 5) is 11.4. The van der Waals surface area contributed by atoms with Crippen LogP contribution in [0.5, 0.6) is 0 Å². The Labute approximate surface area is 110 Å². The van der Waals surface area contributed by atoms with Crippen LogP contribution < -0.4 is 0 Å². The Balaban J connectivity index is 2.86. The first kappa shape index (κ1) is 14.0. The lowest BCUT2D eigenvalue weighted by Crippen LogP contribution is -2.11. The van der Waals surface area contributed by atoms with Crippen LogP contribution in [0.15, 0.2) is 18.2 Å². The molecule has 1 atom stereocenters. The van der Waals surface area contributed by atoms with Crippen LogP contribution in [-0.2, 0) is 9.53 Å². The number of esters is 1. The van der Waals surface area contributed by atoms with E-state index >= 15 is 0 Å². The maximum Gasteiger partial charge on any atom is 0.306 e. The van der Waals surface area contributed by atoms with Gasteiger partial charge in [0, 0.05) is 22.2 Å². The molecular weight excluding hydrogens is 261 g/mol. The largest absolute Gasteiger partial charge is 0.466 e. The van der Waals surface area contributed by atoms with Crippen LogP contribution in [0, 0.1) is 5.41 Å². The van der Waals surface area contributed by atoms with E-state index in [9.17, 15) is 4.79 Å². The standard InChI is InChI=1S/C12H13Cl2NO2/c1-2-17-12(16)5-9(7-15)8-3-10(13)6-11(14)4-8/h3-4,6-7,9,15H,2,5H2,1H3. The highest BCUT2D eigenvalue weighted by atomic mass is 35.5. The quantitative estimate of drug-likeness (QED) is 0.657. The molecule has 1 rings (SSSR count). The molecule has 0 aliphatic carbocycles. The van der Waals surface area contributed by atoms with E-state index in [1.54, 1.807) is 25.1 Å². The third-order valence-corrected chi connectivity index (χ3v) is 2.64. The summed E-state index contributed by atoms with van der Waals surface area (Å²) < 4.78 is 4.85. The lowest BCUT2D eigenvalue weighted by atomic mass is 9.97. The lowest BCUT2D eigenvalue weighted by molar-refractivity contribution is -0.143. The van der Waals surface area contributed by atoms with Crippen LogP contribution in [0.25, 0.3) is 0 Å². The first-order valence-electron chi connectivity index (χ1n) is 5.19. The average molecular weight is 274 g/mol. The van der Waals surface area contributed by atoms with Gasteiger partial charge in [0.15, 0.2) is 0 Å². The summed E-state index contributed by atoms with van der Waals surface area (Å²) in [6.45, 7) is 2.08. The maximum absolute atomic E-state index is 11.4. The molecule has 0 spiro atoms. The predicted octanol–water partition coefficient (Wildman–Crippen LogP) is 3.68. The van der Waals surface area contributed by atoms with Crippen molar-refractivity contribution in [3.8, 4) is 0 Å². The second-order valence-electron chi connectivity index (χ2n) is 3.49. The molecule has 0 radical (unpaired) electrons. The van der Waals surface area contributed by atoms with Crippen molar-refractivity contribution >= 4 is 35.4 Å². The molecule has 0 aliphatic heterocycles. The zero-order valence-corrected chi connectivity index (χ0v) is 10.9. The van der Waals surface area contributed by atoms with Crippen LogP contribution >= 0.6 is 23.2 Å². The molecule has 1 aromatic rings. The second-order valence-corrected chi connectivity index (χ2v) is 4.36. The van der Waals surface area contributed by atoms with E-state index in [0.29, 0.717) is 16.7 Å². The molecule has 17 heavy (non-hydrogen) atoms. The number of hydrogen-bond donors (Lipinski definition) is 1. The van der Waals surface area contributed by atoms with Crippen molar-refractivity contribution in [2.24, 2.45) is 0 Å². The minimum atomic E-state index is -0.356. The smallest absolute Gasteiger partial charge is 0.306 e. The average Bonchev–Trinajstić information content (AvgIpc) is 2.24. The van der Waals surface area contributed by atoms with Gasteiger partial charge in [-0.2, -0.15) is 0 Å². The van der Waals surface area contributed by atoms with E-state index in [1.165, 1.54) is 6.21 Å². The number of hydrogen-bond acceptors (Lipinski definition) is 3. The van der Waals surface area contributed by atoms with Gasteiger partial charge in [0.2, 0.25) is 0 Å². The highest BCUT2D eigenvalue weighted by Crippen LogP contribution is 2.26. The first-order valence-corrected chi connectivity index (χ1v) is 5.94. The van der Waals surface area contributed by atoms with Crippen LogP contribution in [0.2, 0.25) is 10.0 Å². The van der Waals surface area contributed by atoms with Crippen molar-refractivity contribution in [2.75, 3.05) is 6.61 Å². The normalized spacial score (nSPS) is 11.9. The summed E-state index contributed by atoms with van der Waals surface area (Å²) in [5.74, 6) is -0.692. The van der Waals surface area contributed by atoms with E-state index in [0.717, 1.165) is 5.56 Å². The molecule has 92 valence electrons. The van der Waals surface area contributed by atoms with Gasteiger partial charge in [0.05, 0.1) is 13.0 Å². The van der Waals surface area contributed by atoms with Gasteiger partial charge in [-0.1, -0.05) is 23.2 Å². The number of carbonyl (C=O) groups excluding carboxylic acids is 1. The van der Waals surface area contributed by atoms with Gasteiger partial charge >= 0.3 is 5.97 Å². The van der Waals surface area contributed by atoms with Gasteiger partial charge in [-0.05, 0) is 30.7 Å². The van der Waals surface area contributed by atoms with Crippen molar-refractivity contribution < 1.29 is 9.53 Å². The molecule has 0 saturated heterocycles. The van der Waals surface area contributed by atoms with Crippen LogP contribution in [0.3, 0.4) is 0 Å². The lowest BCUT2D eigenvalue weighted by Gasteiger charge is -2.12. The summed E-state index contributed by atoms with van der Waals surface area (Å²) in [5, 5.41) is 8.32. The topological polar surface area (TPSA) is 50.2 Å². The van der Waals surface area contributed by atoms with Crippen molar-refractivity contribution in [1.29, 1.82) is 5.41 Å². The monoisotopic (exact) mass is 273 g/mol. The number of nitrogens with one attached hydrogen (secondary N) is 1. The molecule has 0 saturated carbocycles. The van der Waals surface area contributed by atoms with Gasteiger partial charge in [0.25, 0.3) is 0 Å². The van der Waals surface area contributed by atoms with E-state index in [4.69, 9.17) is 33.3 Å². The van der Waals surface area contributed by atoms with Gasteiger partial charge in [-0.3, -0.25) is 4.79 Å². The molecule has 3 nitrogen and oxygen atoms in total. The van der Waals surface area contributed by atoms with Crippen molar-refractivity contribution in [3.05, 3.63) is 33.8 Å². The third-order valence-electron chi connectivity index (χ3n) is 2.21. The molecule has 0 heterocycles. The highest BCUT2D eigenvalue weighted by molar-refractivity contribution is 6.34. The third kappa shape index (κ3) is 4.36. The fraction of sp³-hybridized carbons (Fsp3) is 0.333.